The average molecular weight is 234 g/mol. The second-order valence-corrected chi connectivity index (χ2v) is 4.27. The molecule has 0 aliphatic rings. The molecule has 0 saturated heterocycles. The van der Waals surface area contributed by atoms with E-state index in [9.17, 15) is 9.59 Å². The van der Waals surface area contributed by atoms with Gasteiger partial charge < -0.3 is 10.6 Å². The van der Waals surface area contributed by atoms with Gasteiger partial charge in [0.25, 0.3) is 0 Å². The van der Waals surface area contributed by atoms with E-state index in [-0.39, 0.29) is 0 Å². The van der Waals surface area contributed by atoms with Crippen molar-refractivity contribution in [1.29, 1.82) is 0 Å². The van der Waals surface area contributed by atoms with Crippen LogP contribution in [0.15, 0.2) is 18.2 Å². The quantitative estimate of drug-likeness (QED) is 0.786. The Hall–Kier alpha value is -1.84. The zero-order valence-electron chi connectivity index (χ0n) is 10.5. The number of nitrogens with zero attached hydrogens (tertiary/aromatic N) is 1. The molecule has 0 unspecified atom stereocenters. The monoisotopic (exact) mass is 234 g/mol. The predicted octanol–water partition coefficient (Wildman–Crippen LogP) is 0.790. The van der Waals surface area contributed by atoms with Crippen molar-refractivity contribution in [3.63, 3.8) is 0 Å². The second kappa shape index (κ2) is 5.48. The number of likely N-dealkylation sites (N-methyl/N-ethyl adjacent to an activating group) is 1. The van der Waals surface area contributed by atoms with Crippen molar-refractivity contribution in [3.8, 4) is 0 Å². The van der Waals surface area contributed by atoms with Gasteiger partial charge in [-0.25, -0.2) is 0 Å². The number of benzene rings is 1. The number of carbonyl (C=O) groups is 2. The summed E-state index contributed by atoms with van der Waals surface area (Å²) >= 11 is 0. The lowest BCUT2D eigenvalue weighted by molar-refractivity contribution is -0.143. The molecule has 0 atom stereocenters. The predicted molar refractivity (Wildman–Crippen MR) is 66.5 cm³/mol. The lowest BCUT2D eigenvalue weighted by atomic mass is 10.0. The number of hydrogen-bond acceptors (Lipinski definition) is 2. The summed E-state index contributed by atoms with van der Waals surface area (Å²) in [7, 11) is 1.58. The van der Waals surface area contributed by atoms with Crippen molar-refractivity contribution in [2.24, 2.45) is 5.73 Å². The van der Waals surface area contributed by atoms with Gasteiger partial charge in [0.1, 0.15) is 0 Å². The van der Waals surface area contributed by atoms with Crippen LogP contribution in [-0.2, 0) is 16.0 Å². The van der Waals surface area contributed by atoms with Gasteiger partial charge in [-0.15, -0.1) is 0 Å². The number of primary amides is 1. The van der Waals surface area contributed by atoms with Gasteiger partial charge >= 0.3 is 11.8 Å². The van der Waals surface area contributed by atoms with Gasteiger partial charge in [0.2, 0.25) is 0 Å². The molecule has 0 fully saturated rings. The molecule has 2 N–H and O–H groups in total. The van der Waals surface area contributed by atoms with Crippen molar-refractivity contribution >= 4 is 11.8 Å². The smallest absolute Gasteiger partial charge is 0.311 e. The number of rotatable bonds is 3. The van der Waals surface area contributed by atoms with E-state index in [2.05, 4.69) is 6.07 Å². The lowest BCUT2D eigenvalue weighted by Crippen LogP contribution is -2.38. The Balaban J connectivity index is 2.62. The zero-order valence-corrected chi connectivity index (χ0v) is 10.5. The van der Waals surface area contributed by atoms with Gasteiger partial charge in [-0.05, 0) is 31.4 Å². The van der Waals surface area contributed by atoms with Crippen molar-refractivity contribution in [1.82, 2.24) is 4.90 Å². The normalized spacial score (nSPS) is 10.1. The highest BCUT2D eigenvalue weighted by atomic mass is 16.2. The van der Waals surface area contributed by atoms with Crippen LogP contribution >= 0.6 is 0 Å². The van der Waals surface area contributed by atoms with Crippen LogP contribution in [0.25, 0.3) is 0 Å². The molecule has 4 heteroatoms. The Kier molecular flexibility index (Phi) is 4.26. The molecule has 0 radical (unpaired) electrons. The average Bonchev–Trinajstić information content (AvgIpc) is 2.26. The number of hydrogen-bond donors (Lipinski definition) is 1. The van der Waals surface area contributed by atoms with Gasteiger partial charge in [-0.3, -0.25) is 9.59 Å². The Morgan fingerprint density at radius 3 is 2.47 bits per heavy atom. The zero-order chi connectivity index (χ0) is 13.0. The van der Waals surface area contributed by atoms with Crippen LogP contribution in [-0.4, -0.2) is 30.3 Å². The minimum Gasteiger partial charge on any atom is -0.361 e. The molecule has 1 aromatic rings. The summed E-state index contributed by atoms with van der Waals surface area (Å²) in [5.41, 5.74) is 8.52. The first kappa shape index (κ1) is 13.2. The summed E-state index contributed by atoms with van der Waals surface area (Å²) in [5, 5.41) is 0. The van der Waals surface area contributed by atoms with E-state index < -0.39 is 11.8 Å². The van der Waals surface area contributed by atoms with Crippen LogP contribution in [0.3, 0.4) is 0 Å². The third-order valence-corrected chi connectivity index (χ3v) is 2.77. The molecule has 17 heavy (non-hydrogen) atoms. The molecular weight excluding hydrogens is 216 g/mol. The minimum absolute atomic E-state index is 0.492. The second-order valence-electron chi connectivity index (χ2n) is 4.27. The minimum atomic E-state index is -0.909. The molecule has 92 valence electrons. The first-order chi connectivity index (χ1) is 7.91. The molecule has 0 heterocycles. The van der Waals surface area contributed by atoms with E-state index in [1.165, 1.54) is 21.6 Å². The number of aryl methyl sites for hydroxylation is 2. The van der Waals surface area contributed by atoms with Gasteiger partial charge in [-0.1, -0.05) is 23.8 Å². The number of carbonyl (C=O) groups excluding carboxylic acids is 2. The summed E-state index contributed by atoms with van der Waals surface area (Å²) in [6.45, 7) is 4.57. The van der Waals surface area contributed by atoms with Crippen LogP contribution in [0.5, 0.6) is 0 Å². The van der Waals surface area contributed by atoms with Crippen LogP contribution < -0.4 is 5.73 Å². The first-order valence-electron chi connectivity index (χ1n) is 5.53. The summed E-state index contributed by atoms with van der Waals surface area (Å²) in [4.78, 5) is 23.3. The maximum absolute atomic E-state index is 11.3. The fourth-order valence-corrected chi connectivity index (χ4v) is 1.70. The van der Waals surface area contributed by atoms with E-state index in [4.69, 9.17) is 5.73 Å². The molecule has 0 saturated carbocycles. The Morgan fingerprint density at radius 1 is 1.29 bits per heavy atom. The number of amides is 2. The molecule has 2 amide bonds. The molecule has 0 aliphatic heterocycles. The summed E-state index contributed by atoms with van der Waals surface area (Å²) < 4.78 is 0. The number of nitrogens with two attached hydrogens (primary N) is 1. The summed E-state index contributed by atoms with van der Waals surface area (Å²) in [5.74, 6) is -1.55. The van der Waals surface area contributed by atoms with E-state index in [0.29, 0.717) is 6.54 Å². The molecule has 0 bridgehead atoms. The fraction of sp³-hybridized carbons (Fsp3) is 0.385. The van der Waals surface area contributed by atoms with Crippen LogP contribution in [0.4, 0.5) is 0 Å². The third-order valence-electron chi connectivity index (χ3n) is 2.77. The SMILES string of the molecule is Cc1ccc(CCN(C)C(=O)C(N)=O)c(C)c1. The third kappa shape index (κ3) is 3.59. The standard InChI is InChI=1S/C13H18N2O2/c1-9-4-5-11(10(2)8-9)6-7-15(3)13(17)12(14)16/h4-5,8H,6-7H2,1-3H3,(H2,14,16). The summed E-state index contributed by atoms with van der Waals surface area (Å²) in [6, 6.07) is 6.19. The maximum atomic E-state index is 11.3. The van der Waals surface area contributed by atoms with E-state index in [1.807, 2.05) is 26.0 Å². The molecule has 0 aromatic heterocycles. The molecule has 0 spiro atoms. The first-order valence-corrected chi connectivity index (χ1v) is 5.53. The van der Waals surface area contributed by atoms with Gasteiger partial charge in [-0.2, -0.15) is 0 Å². The maximum Gasteiger partial charge on any atom is 0.311 e. The van der Waals surface area contributed by atoms with E-state index in [0.717, 1.165) is 6.42 Å². The van der Waals surface area contributed by atoms with Crippen LogP contribution in [0.1, 0.15) is 16.7 Å². The topological polar surface area (TPSA) is 63.4 Å². The highest BCUT2D eigenvalue weighted by Gasteiger charge is 2.14. The van der Waals surface area contributed by atoms with Crippen molar-refractivity contribution in [2.75, 3.05) is 13.6 Å². The van der Waals surface area contributed by atoms with E-state index >= 15 is 0 Å². The van der Waals surface area contributed by atoms with Gasteiger partial charge in [0.05, 0.1) is 0 Å². The lowest BCUT2D eigenvalue weighted by Gasteiger charge is -2.15. The fourth-order valence-electron chi connectivity index (χ4n) is 1.70. The summed E-state index contributed by atoms with van der Waals surface area (Å²) in [6.07, 6.45) is 0.724. The highest BCUT2D eigenvalue weighted by molar-refractivity contribution is 6.34. The van der Waals surface area contributed by atoms with Crippen LogP contribution in [0.2, 0.25) is 0 Å². The molecule has 1 rings (SSSR count). The van der Waals surface area contributed by atoms with Crippen LogP contribution in [0, 0.1) is 13.8 Å². The van der Waals surface area contributed by atoms with Crippen molar-refractivity contribution < 1.29 is 9.59 Å². The largest absolute Gasteiger partial charge is 0.361 e. The Labute approximate surface area is 101 Å². The van der Waals surface area contributed by atoms with Gasteiger partial charge in [0, 0.05) is 13.6 Å². The molecule has 4 nitrogen and oxygen atoms in total. The highest BCUT2D eigenvalue weighted by Crippen LogP contribution is 2.11. The van der Waals surface area contributed by atoms with Gasteiger partial charge in [0.15, 0.2) is 0 Å². The van der Waals surface area contributed by atoms with Crippen molar-refractivity contribution in [3.05, 3.63) is 34.9 Å². The Bertz CT molecular complexity index is 441. The Morgan fingerprint density at radius 2 is 1.94 bits per heavy atom. The molecular formula is C13H18N2O2. The molecule has 1 aromatic carbocycles. The van der Waals surface area contributed by atoms with Crippen molar-refractivity contribution in [2.45, 2.75) is 20.3 Å². The molecule has 0 aliphatic carbocycles. The van der Waals surface area contributed by atoms with E-state index in [1.54, 1.807) is 7.05 Å².